The Hall–Kier alpha value is -1.58. The van der Waals surface area contributed by atoms with Crippen molar-refractivity contribution in [2.75, 3.05) is 6.61 Å². The van der Waals surface area contributed by atoms with Crippen molar-refractivity contribution in [3.05, 3.63) is 29.6 Å². The lowest BCUT2D eigenvalue weighted by Crippen LogP contribution is -2.31. The predicted octanol–water partition coefficient (Wildman–Crippen LogP) is 2.13. The highest BCUT2D eigenvalue weighted by Crippen LogP contribution is 2.42. The van der Waals surface area contributed by atoms with Gasteiger partial charge in [-0.15, -0.1) is 0 Å². The molecule has 0 amide bonds. The fourth-order valence-corrected chi connectivity index (χ4v) is 3.15. The van der Waals surface area contributed by atoms with E-state index in [0.717, 1.165) is 19.3 Å². The Labute approximate surface area is 117 Å². The van der Waals surface area contributed by atoms with E-state index in [1.54, 1.807) is 12.1 Å². The molecular formula is C14H15BFNO3. The van der Waals surface area contributed by atoms with Crippen molar-refractivity contribution in [2.24, 2.45) is 5.92 Å². The fraction of sp³-hybridized carbons (Fsp3) is 0.500. The van der Waals surface area contributed by atoms with Crippen molar-refractivity contribution in [2.45, 2.75) is 31.2 Å². The summed E-state index contributed by atoms with van der Waals surface area (Å²) in [6, 6.07) is 6.26. The first-order valence-corrected chi connectivity index (χ1v) is 6.84. The largest absolute Gasteiger partial charge is 0.489 e. The number of rotatable bonds is 2. The number of ether oxygens (including phenoxy) is 1. The maximum atomic E-state index is 13.5. The summed E-state index contributed by atoms with van der Waals surface area (Å²) in [6.45, 7) is 0.542. The van der Waals surface area contributed by atoms with Gasteiger partial charge < -0.3 is 14.4 Å². The summed E-state index contributed by atoms with van der Waals surface area (Å²) in [5.41, 5.74) is -0.0441. The molecule has 1 aliphatic heterocycles. The molecular weight excluding hydrogens is 260 g/mol. The smallest absolute Gasteiger partial charge is 0.457 e. The Kier molecular flexibility index (Phi) is 3.64. The van der Waals surface area contributed by atoms with Crippen LogP contribution in [-0.4, -0.2) is 24.9 Å². The monoisotopic (exact) mass is 275 g/mol. The molecule has 0 spiro atoms. The van der Waals surface area contributed by atoms with E-state index in [4.69, 9.17) is 14.7 Å². The Bertz CT molecular complexity index is 548. The van der Waals surface area contributed by atoms with Gasteiger partial charge in [-0.3, -0.25) is 0 Å². The standard InChI is InChI=1S/C14H15BFNO3/c16-13-2-1-3-14(11(13)7-17)20-10-4-5-12-9(6-10)8-19-15(12)18/h1-3,9-10,12,18H,4-6,8H2. The van der Waals surface area contributed by atoms with Gasteiger partial charge in [0, 0.05) is 6.61 Å². The molecule has 3 unspecified atom stereocenters. The molecule has 6 heteroatoms. The molecule has 0 aromatic heterocycles. The Morgan fingerprint density at radius 2 is 2.30 bits per heavy atom. The highest BCUT2D eigenvalue weighted by atomic mass is 19.1. The molecule has 2 aliphatic rings. The van der Waals surface area contributed by atoms with Gasteiger partial charge in [-0.05, 0) is 43.1 Å². The third-order valence-electron chi connectivity index (χ3n) is 4.22. The lowest BCUT2D eigenvalue weighted by molar-refractivity contribution is 0.118. The quantitative estimate of drug-likeness (QED) is 0.840. The molecule has 4 nitrogen and oxygen atoms in total. The van der Waals surface area contributed by atoms with E-state index in [1.165, 1.54) is 6.07 Å². The maximum absolute atomic E-state index is 13.5. The van der Waals surface area contributed by atoms with Crippen molar-refractivity contribution in [3.8, 4) is 11.8 Å². The molecule has 1 saturated carbocycles. The van der Waals surface area contributed by atoms with Crippen LogP contribution < -0.4 is 4.74 Å². The van der Waals surface area contributed by atoms with Gasteiger partial charge in [-0.25, -0.2) is 4.39 Å². The molecule has 104 valence electrons. The van der Waals surface area contributed by atoms with Gasteiger partial charge in [0.1, 0.15) is 23.2 Å². The minimum absolute atomic E-state index is 0.0441. The molecule has 1 saturated heterocycles. The molecule has 0 radical (unpaired) electrons. The molecule has 3 rings (SSSR count). The Morgan fingerprint density at radius 1 is 1.45 bits per heavy atom. The minimum atomic E-state index is -0.662. The van der Waals surface area contributed by atoms with Crippen LogP contribution >= 0.6 is 0 Å². The van der Waals surface area contributed by atoms with Crippen molar-refractivity contribution in [3.63, 3.8) is 0 Å². The SMILES string of the molecule is N#Cc1c(F)cccc1OC1CCC2B(O)OCC2C1. The second-order valence-corrected chi connectivity index (χ2v) is 5.43. The number of hydrogen-bond donors (Lipinski definition) is 1. The molecule has 1 aromatic carbocycles. The van der Waals surface area contributed by atoms with Crippen molar-refractivity contribution in [1.82, 2.24) is 0 Å². The molecule has 1 N–H and O–H groups in total. The third kappa shape index (κ3) is 2.39. The molecule has 2 fully saturated rings. The molecule has 3 atom stereocenters. The van der Waals surface area contributed by atoms with E-state index in [9.17, 15) is 9.41 Å². The molecule has 20 heavy (non-hydrogen) atoms. The lowest BCUT2D eigenvalue weighted by atomic mass is 9.62. The summed E-state index contributed by atoms with van der Waals surface area (Å²) in [4.78, 5) is 0. The van der Waals surface area contributed by atoms with Gasteiger partial charge >= 0.3 is 7.12 Å². The predicted molar refractivity (Wildman–Crippen MR) is 70.5 cm³/mol. The summed E-state index contributed by atoms with van der Waals surface area (Å²) < 4.78 is 24.6. The highest BCUT2D eigenvalue weighted by molar-refractivity contribution is 6.45. The van der Waals surface area contributed by atoms with Crippen LogP contribution in [0.15, 0.2) is 18.2 Å². The van der Waals surface area contributed by atoms with E-state index in [0.29, 0.717) is 12.4 Å². The van der Waals surface area contributed by atoms with E-state index in [1.807, 2.05) is 6.07 Å². The average molecular weight is 275 g/mol. The first kappa shape index (κ1) is 13.4. The molecule has 1 aliphatic carbocycles. The lowest BCUT2D eigenvalue weighted by Gasteiger charge is -2.31. The van der Waals surface area contributed by atoms with Crippen LogP contribution in [0.2, 0.25) is 5.82 Å². The summed E-state index contributed by atoms with van der Waals surface area (Å²) in [5, 5.41) is 18.7. The summed E-state index contributed by atoms with van der Waals surface area (Å²) in [6.07, 6.45) is 2.32. The fourth-order valence-electron chi connectivity index (χ4n) is 3.15. The van der Waals surface area contributed by atoms with Crippen LogP contribution in [0.3, 0.4) is 0 Å². The van der Waals surface area contributed by atoms with E-state index >= 15 is 0 Å². The minimum Gasteiger partial charge on any atom is -0.489 e. The second-order valence-electron chi connectivity index (χ2n) is 5.43. The van der Waals surface area contributed by atoms with E-state index in [2.05, 4.69) is 0 Å². The summed E-state index contributed by atoms with van der Waals surface area (Å²) in [5.74, 6) is 0.203. The van der Waals surface area contributed by atoms with Gasteiger partial charge in [0.05, 0.1) is 6.10 Å². The van der Waals surface area contributed by atoms with Crippen molar-refractivity contribution < 1.29 is 18.8 Å². The number of hydrogen-bond acceptors (Lipinski definition) is 4. The van der Waals surface area contributed by atoms with Crippen LogP contribution in [0, 0.1) is 23.1 Å². The third-order valence-corrected chi connectivity index (χ3v) is 4.22. The van der Waals surface area contributed by atoms with Gasteiger partial charge in [0.2, 0.25) is 0 Å². The van der Waals surface area contributed by atoms with E-state index < -0.39 is 12.9 Å². The van der Waals surface area contributed by atoms with Crippen molar-refractivity contribution >= 4 is 7.12 Å². The number of halogens is 1. The van der Waals surface area contributed by atoms with Crippen LogP contribution in [-0.2, 0) is 4.65 Å². The topological polar surface area (TPSA) is 62.5 Å². The Morgan fingerprint density at radius 3 is 3.10 bits per heavy atom. The summed E-state index contributed by atoms with van der Waals surface area (Å²) >= 11 is 0. The van der Waals surface area contributed by atoms with Crippen molar-refractivity contribution in [1.29, 1.82) is 5.26 Å². The molecule has 1 aromatic rings. The summed E-state index contributed by atoms with van der Waals surface area (Å²) in [7, 11) is -0.662. The average Bonchev–Trinajstić information content (AvgIpc) is 2.80. The Balaban J connectivity index is 1.71. The maximum Gasteiger partial charge on any atom is 0.457 e. The number of nitrogens with zero attached hydrogens (tertiary/aromatic N) is 1. The van der Waals surface area contributed by atoms with Crippen LogP contribution in [0.4, 0.5) is 4.39 Å². The number of nitriles is 1. The first-order chi connectivity index (χ1) is 9.69. The highest BCUT2D eigenvalue weighted by Gasteiger charge is 2.44. The van der Waals surface area contributed by atoms with E-state index in [-0.39, 0.29) is 23.4 Å². The molecule has 0 bridgehead atoms. The van der Waals surface area contributed by atoms with Gasteiger partial charge in [-0.1, -0.05) is 6.07 Å². The zero-order valence-corrected chi connectivity index (χ0v) is 11.0. The van der Waals surface area contributed by atoms with Crippen LogP contribution in [0.25, 0.3) is 0 Å². The second kappa shape index (κ2) is 5.43. The number of fused-ring (bicyclic) bond motifs is 1. The normalized spacial score (nSPS) is 28.9. The molecule has 1 heterocycles. The van der Waals surface area contributed by atoms with Gasteiger partial charge in [0.15, 0.2) is 0 Å². The number of benzene rings is 1. The first-order valence-electron chi connectivity index (χ1n) is 6.84. The van der Waals surface area contributed by atoms with Gasteiger partial charge in [0.25, 0.3) is 0 Å². The van der Waals surface area contributed by atoms with Crippen LogP contribution in [0.5, 0.6) is 5.75 Å². The zero-order valence-electron chi connectivity index (χ0n) is 11.0. The van der Waals surface area contributed by atoms with Gasteiger partial charge in [-0.2, -0.15) is 5.26 Å². The van der Waals surface area contributed by atoms with Crippen LogP contribution in [0.1, 0.15) is 24.8 Å². The zero-order chi connectivity index (χ0) is 14.1.